The maximum absolute atomic E-state index is 12.5. The van der Waals surface area contributed by atoms with Crippen molar-refractivity contribution in [2.75, 3.05) is 18.4 Å². The number of carbonyl (C=O) groups excluding carboxylic acids is 1. The Labute approximate surface area is 160 Å². The number of hydrogen-bond acceptors (Lipinski definition) is 5. The molecule has 7 heteroatoms. The number of hydrogen-bond donors (Lipinski definition) is 2. The van der Waals surface area contributed by atoms with E-state index < -0.39 is 6.10 Å². The minimum Gasteiger partial charge on any atom is -0.481 e. The van der Waals surface area contributed by atoms with Crippen LogP contribution >= 0.6 is 0 Å². The quantitative estimate of drug-likeness (QED) is 0.816. The Balaban J connectivity index is 1.62. The van der Waals surface area contributed by atoms with E-state index in [1.807, 2.05) is 18.2 Å². The molecular weight excluding hydrogens is 342 g/mol. The second kappa shape index (κ2) is 8.52. The highest BCUT2D eigenvalue weighted by atomic mass is 16.5. The van der Waals surface area contributed by atoms with Crippen molar-refractivity contribution >= 4 is 11.9 Å². The summed E-state index contributed by atoms with van der Waals surface area (Å²) < 4.78 is 7.45. The first-order valence-corrected chi connectivity index (χ1v) is 9.63. The second-order valence-corrected chi connectivity index (χ2v) is 7.42. The topological polar surface area (TPSA) is 81.1 Å². The lowest BCUT2D eigenvalue weighted by Gasteiger charge is -2.19. The number of rotatable bonds is 6. The van der Waals surface area contributed by atoms with E-state index in [0.29, 0.717) is 23.5 Å². The van der Waals surface area contributed by atoms with Gasteiger partial charge in [0.15, 0.2) is 11.9 Å². The van der Waals surface area contributed by atoms with E-state index in [1.165, 1.54) is 5.56 Å². The summed E-state index contributed by atoms with van der Waals surface area (Å²) >= 11 is 0. The average molecular weight is 371 g/mol. The lowest BCUT2D eigenvalue weighted by Crippen LogP contribution is -2.31. The number of ether oxygens (including phenoxy) is 1. The number of nitrogens with zero attached hydrogens (tertiary/aromatic N) is 3. The van der Waals surface area contributed by atoms with Crippen LogP contribution in [0.1, 0.15) is 56.8 Å². The Bertz CT molecular complexity index is 780. The van der Waals surface area contributed by atoms with Gasteiger partial charge in [-0.25, -0.2) is 4.68 Å². The summed E-state index contributed by atoms with van der Waals surface area (Å²) in [6.07, 6.45) is 1.40. The van der Waals surface area contributed by atoms with Crippen LogP contribution in [-0.4, -0.2) is 39.9 Å². The smallest absolute Gasteiger partial charge is 0.267 e. The zero-order valence-electron chi connectivity index (χ0n) is 16.5. The van der Waals surface area contributed by atoms with Gasteiger partial charge in [0.25, 0.3) is 5.91 Å². The molecule has 7 nitrogen and oxygen atoms in total. The number of piperidine rings is 1. The first kappa shape index (κ1) is 19.4. The Hall–Kier alpha value is -2.41. The molecule has 2 N–H and O–H groups in total. The molecule has 1 fully saturated rings. The zero-order chi connectivity index (χ0) is 19.4. The Kier molecular flexibility index (Phi) is 6.11. The summed E-state index contributed by atoms with van der Waals surface area (Å²) in [6.45, 7) is 7.95. The number of aryl methyl sites for hydroxylation is 1. The van der Waals surface area contributed by atoms with E-state index in [4.69, 9.17) is 4.74 Å². The van der Waals surface area contributed by atoms with Gasteiger partial charge in [0.05, 0.1) is 0 Å². The minimum atomic E-state index is -0.633. The number of aromatic nitrogens is 3. The van der Waals surface area contributed by atoms with Gasteiger partial charge in [-0.2, -0.15) is 10.1 Å². The highest BCUT2D eigenvalue weighted by molar-refractivity contribution is 5.92. The fourth-order valence-corrected chi connectivity index (χ4v) is 3.18. The van der Waals surface area contributed by atoms with Crippen molar-refractivity contribution in [2.45, 2.75) is 51.6 Å². The van der Waals surface area contributed by atoms with E-state index in [0.717, 1.165) is 31.8 Å². The van der Waals surface area contributed by atoms with Crippen LogP contribution in [0.2, 0.25) is 0 Å². The van der Waals surface area contributed by atoms with Crippen molar-refractivity contribution in [3.63, 3.8) is 0 Å². The molecule has 1 saturated heterocycles. The van der Waals surface area contributed by atoms with Crippen molar-refractivity contribution in [1.82, 2.24) is 20.1 Å². The molecule has 27 heavy (non-hydrogen) atoms. The summed E-state index contributed by atoms with van der Waals surface area (Å²) in [5.41, 5.74) is 1.18. The van der Waals surface area contributed by atoms with Crippen LogP contribution in [0.15, 0.2) is 24.3 Å². The monoisotopic (exact) mass is 371 g/mol. The standard InChI is InChI=1S/C20H29N5O2/c1-13(2)16-6-5-7-17(12-16)27-14(3)19(26)23-20-22-18(24-25(20)4)15-8-10-21-11-9-15/h5-7,12-15,21H,8-11H2,1-4H3,(H,22,23,24,26). The van der Waals surface area contributed by atoms with E-state index in [-0.39, 0.29) is 5.91 Å². The highest BCUT2D eigenvalue weighted by Crippen LogP contribution is 2.24. The molecule has 2 aromatic rings. The van der Waals surface area contributed by atoms with Crippen LogP contribution in [0.3, 0.4) is 0 Å². The molecule has 1 aliphatic rings. The van der Waals surface area contributed by atoms with Crippen molar-refractivity contribution in [3.8, 4) is 5.75 Å². The number of amides is 1. The molecule has 1 atom stereocenters. The number of benzene rings is 1. The minimum absolute atomic E-state index is 0.239. The largest absolute Gasteiger partial charge is 0.481 e. The maximum Gasteiger partial charge on any atom is 0.267 e. The molecule has 0 spiro atoms. The van der Waals surface area contributed by atoms with Gasteiger partial charge in [0.2, 0.25) is 5.95 Å². The predicted octanol–water partition coefficient (Wildman–Crippen LogP) is 2.81. The molecule has 0 saturated carbocycles. The third kappa shape index (κ3) is 4.86. The Morgan fingerprint density at radius 2 is 2.04 bits per heavy atom. The van der Waals surface area contributed by atoms with Gasteiger partial charge in [-0.05, 0) is 56.5 Å². The number of anilines is 1. The van der Waals surface area contributed by atoms with Crippen molar-refractivity contribution < 1.29 is 9.53 Å². The molecule has 0 aliphatic carbocycles. The highest BCUT2D eigenvalue weighted by Gasteiger charge is 2.23. The summed E-state index contributed by atoms with van der Waals surface area (Å²) in [5.74, 6) is 2.46. The predicted molar refractivity (Wildman–Crippen MR) is 105 cm³/mol. The molecule has 1 aromatic heterocycles. The lowest BCUT2D eigenvalue weighted by atomic mass is 9.98. The van der Waals surface area contributed by atoms with Gasteiger partial charge in [-0.3, -0.25) is 10.1 Å². The summed E-state index contributed by atoms with van der Waals surface area (Å²) in [6, 6.07) is 7.85. The van der Waals surface area contributed by atoms with E-state index in [9.17, 15) is 4.79 Å². The van der Waals surface area contributed by atoms with Crippen LogP contribution in [0.5, 0.6) is 5.75 Å². The molecule has 1 amide bonds. The fraction of sp³-hybridized carbons (Fsp3) is 0.550. The maximum atomic E-state index is 12.5. The third-order valence-corrected chi connectivity index (χ3v) is 4.93. The third-order valence-electron chi connectivity index (χ3n) is 4.93. The van der Waals surface area contributed by atoms with Gasteiger partial charge in [-0.1, -0.05) is 26.0 Å². The van der Waals surface area contributed by atoms with Crippen LogP contribution in [0, 0.1) is 0 Å². The summed E-state index contributed by atoms with van der Waals surface area (Å²) in [4.78, 5) is 17.1. The van der Waals surface area contributed by atoms with Crippen molar-refractivity contribution in [2.24, 2.45) is 7.05 Å². The molecular formula is C20H29N5O2. The Morgan fingerprint density at radius 1 is 1.30 bits per heavy atom. The summed E-state index contributed by atoms with van der Waals surface area (Å²) in [5, 5.41) is 10.7. The van der Waals surface area contributed by atoms with Gasteiger partial charge < -0.3 is 10.1 Å². The summed E-state index contributed by atoms with van der Waals surface area (Å²) in [7, 11) is 1.80. The lowest BCUT2D eigenvalue weighted by molar-refractivity contribution is -0.122. The molecule has 2 heterocycles. The van der Waals surface area contributed by atoms with E-state index >= 15 is 0 Å². The first-order valence-electron chi connectivity index (χ1n) is 9.63. The SMILES string of the molecule is CC(Oc1cccc(C(C)C)c1)C(=O)Nc1nc(C2CCNCC2)nn1C. The fourth-order valence-electron chi connectivity index (χ4n) is 3.18. The first-order chi connectivity index (χ1) is 12.9. The van der Waals surface area contributed by atoms with Crippen LogP contribution in [0.4, 0.5) is 5.95 Å². The van der Waals surface area contributed by atoms with Crippen LogP contribution in [-0.2, 0) is 11.8 Å². The van der Waals surface area contributed by atoms with E-state index in [2.05, 4.69) is 40.6 Å². The average Bonchev–Trinajstić information content (AvgIpc) is 3.03. The molecule has 0 bridgehead atoms. The van der Waals surface area contributed by atoms with Crippen molar-refractivity contribution in [3.05, 3.63) is 35.7 Å². The van der Waals surface area contributed by atoms with Crippen LogP contribution < -0.4 is 15.4 Å². The molecule has 1 aliphatic heterocycles. The number of carbonyl (C=O) groups is 1. The van der Waals surface area contributed by atoms with Gasteiger partial charge in [-0.15, -0.1) is 0 Å². The van der Waals surface area contributed by atoms with Gasteiger partial charge in [0.1, 0.15) is 5.75 Å². The van der Waals surface area contributed by atoms with Crippen molar-refractivity contribution in [1.29, 1.82) is 0 Å². The normalized spacial score (nSPS) is 16.3. The van der Waals surface area contributed by atoms with Gasteiger partial charge in [0, 0.05) is 13.0 Å². The zero-order valence-corrected chi connectivity index (χ0v) is 16.5. The molecule has 1 unspecified atom stereocenters. The second-order valence-electron chi connectivity index (χ2n) is 7.42. The molecule has 3 rings (SSSR count). The Morgan fingerprint density at radius 3 is 2.74 bits per heavy atom. The molecule has 146 valence electrons. The molecule has 0 radical (unpaired) electrons. The molecule has 1 aromatic carbocycles. The van der Waals surface area contributed by atoms with Gasteiger partial charge >= 0.3 is 0 Å². The number of nitrogens with one attached hydrogen (secondary N) is 2. The van der Waals surface area contributed by atoms with E-state index in [1.54, 1.807) is 18.7 Å². The van der Waals surface area contributed by atoms with Crippen LogP contribution in [0.25, 0.3) is 0 Å².